The molecule has 5 nitrogen and oxygen atoms in total. The van der Waals surface area contributed by atoms with E-state index in [1.165, 1.54) is 0 Å². The number of hydrogen-bond acceptors (Lipinski definition) is 4. The monoisotopic (exact) mass is 219 g/mol. The quantitative estimate of drug-likeness (QED) is 0.548. The van der Waals surface area contributed by atoms with Crippen molar-refractivity contribution in [2.24, 2.45) is 5.92 Å². The van der Waals surface area contributed by atoms with Crippen LogP contribution in [-0.4, -0.2) is 50.6 Å². The van der Waals surface area contributed by atoms with Gasteiger partial charge in [-0.15, -0.1) is 0 Å². The molecule has 0 fully saturated rings. The van der Waals surface area contributed by atoms with Crippen molar-refractivity contribution in [2.75, 3.05) is 33.5 Å². The standard InChI is InChI=1S/C10H21NO4/c1-8(2)6-14-4-5-15-7-9(11-3)10(12)13/h8-9,11H,4-7H2,1-3H3,(H,12,13). The van der Waals surface area contributed by atoms with E-state index in [0.29, 0.717) is 25.7 Å². The summed E-state index contributed by atoms with van der Waals surface area (Å²) in [5.74, 6) is -0.394. The normalized spacial score (nSPS) is 13.1. The zero-order chi connectivity index (χ0) is 11.7. The summed E-state index contributed by atoms with van der Waals surface area (Å²) < 4.78 is 10.4. The highest BCUT2D eigenvalue weighted by Gasteiger charge is 2.14. The molecule has 0 aliphatic heterocycles. The maximum Gasteiger partial charge on any atom is 0.323 e. The summed E-state index contributed by atoms with van der Waals surface area (Å²) in [5, 5.41) is 11.3. The van der Waals surface area contributed by atoms with Crippen LogP contribution in [0.5, 0.6) is 0 Å². The number of carbonyl (C=O) groups is 1. The van der Waals surface area contributed by atoms with Crippen LogP contribution in [0.4, 0.5) is 0 Å². The summed E-state index contributed by atoms with van der Waals surface area (Å²) in [6.07, 6.45) is 0. The van der Waals surface area contributed by atoms with Crippen LogP contribution in [0, 0.1) is 5.92 Å². The zero-order valence-corrected chi connectivity index (χ0v) is 9.66. The van der Waals surface area contributed by atoms with E-state index < -0.39 is 12.0 Å². The molecule has 0 heterocycles. The van der Waals surface area contributed by atoms with E-state index in [1.807, 2.05) is 0 Å². The molecule has 0 aliphatic carbocycles. The maximum absolute atomic E-state index is 10.6. The second-order valence-corrected chi connectivity index (χ2v) is 3.72. The van der Waals surface area contributed by atoms with Gasteiger partial charge in [-0.2, -0.15) is 0 Å². The lowest BCUT2D eigenvalue weighted by molar-refractivity contribution is -0.141. The van der Waals surface area contributed by atoms with Gasteiger partial charge >= 0.3 is 5.97 Å². The fourth-order valence-electron chi connectivity index (χ4n) is 0.916. The highest BCUT2D eigenvalue weighted by atomic mass is 16.5. The third kappa shape index (κ3) is 8.35. The smallest absolute Gasteiger partial charge is 0.323 e. The Kier molecular flexibility index (Phi) is 8.27. The average Bonchev–Trinajstić information content (AvgIpc) is 2.15. The lowest BCUT2D eigenvalue weighted by Crippen LogP contribution is -2.38. The van der Waals surface area contributed by atoms with E-state index in [0.717, 1.165) is 0 Å². The molecule has 0 aromatic heterocycles. The molecule has 0 amide bonds. The Balaban J connectivity index is 3.33. The molecule has 0 rings (SSSR count). The highest BCUT2D eigenvalue weighted by molar-refractivity contribution is 5.73. The molecule has 0 saturated carbocycles. The van der Waals surface area contributed by atoms with Gasteiger partial charge in [-0.05, 0) is 13.0 Å². The molecule has 5 heteroatoms. The van der Waals surface area contributed by atoms with E-state index >= 15 is 0 Å². The Morgan fingerprint density at radius 1 is 1.27 bits per heavy atom. The Labute approximate surface area is 90.8 Å². The van der Waals surface area contributed by atoms with Crippen LogP contribution in [0.1, 0.15) is 13.8 Å². The molecule has 0 aromatic carbocycles. The third-order valence-corrected chi connectivity index (χ3v) is 1.75. The fraction of sp³-hybridized carbons (Fsp3) is 0.900. The van der Waals surface area contributed by atoms with Crippen molar-refractivity contribution < 1.29 is 19.4 Å². The first-order valence-electron chi connectivity index (χ1n) is 5.13. The summed E-state index contributed by atoms with van der Waals surface area (Å²) in [5.41, 5.74) is 0. The number of likely N-dealkylation sites (N-methyl/N-ethyl adjacent to an activating group) is 1. The average molecular weight is 219 g/mol. The van der Waals surface area contributed by atoms with Gasteiger partial charge in [0.25, 0.3) is 0 Å². The predicted molar refractivity (Wildman–Crippen MR) is 57.0 cm³/mol. The molecule has 0 aliphatic rings. The van der Waals surface area contributed by atoms with Crippen molar-refractivity contribution >= 4 is 5.97 Å². The Morgan fingerprint density at radius 3 is 2.20 bits per heavy atom. The van der Waals surface area contributed by atoms with Gasteiger partial charge in [-0.1, -0.05) is 13.8 Å². The van der Waals surface area contributed by atoms with Crippen LogP contribution in [0.3, 0.4) is 0 Å². The topological polar surface area (TPSA) is 67.8 Å². The van der Waals surface area contributed by atoms with Crippen molar-refractivity contribution in [1.29, 1.82) is 0 Å². The minimum atomic E-state index is -0.902. The molecule has 0 spiro atoms. The van der Waals surface area contributed by atoms with Crippen molar-refractivity contribution in [1.82, 2.24) is 5.32 Å². The number of carboxylic acids is 1. The van der Waals surface area contributed by atoms with E-state index in [4.69, 9.17) is 14.6 Å². The lowest BCUT2D eigenvalue weighted by Gasteiger charge is -2.12. The molecular weight excluding hydrogens is 198 g/mol. The predicted octanol–water partition coefficient (Wildman–Crippen LogP) is 0.348. The Morgan fingerprint density at radius 2 is 1.80 bits per heavy atom. The first kappa shape index (κ1) is 14.3. The number of rotatable bonds is 9. The van der Waals surface area contributed by atoms with Crippen LogP contribution in [0.25, 0.3) is 0 Å². The Bertz CT molecular complexity index is 173. The van der Waals surface area contributed by atoms with Crippen LogP contribution in [0.2, 0.25) is 0 Å². The number of nitrogens with one attached hydrogen (secondary N) is 1. The van der Waals surface area contributed by atoms with Crippen LogP contribution < -0.4 is 5.32 Å². The van der Waals surface area contributed by atoms with Crippen molar-refractivity contribution in [3.8, 4) is 0 Å². The first-order valence-corrected chi connectivity index (χ1v) is 5.13. The van der Waals surface area contributed by atoms with Crippen LogP contribution >= 0.6 is 0 Å². The summed E-state index contributed by atoms with van der Waals surface area (Å²) in [4.78, 5) is 10.6. The van der Waals surface area contributed by atoms with Gasteiger partial charge in [0.1, 0.15) is 6.04 Å². The summed E-state index contributed by atoms with van der Waals surface area (Å²) in [6, 6.07) is -0.643. The van der Waals surface area contributed by atoms with Gasteiger partial charge in [-0.3, -0.25) is 4.79 Å². The molecule has 0 radical (unpaired) electrons. The molecular formula is C10H21NO4. The maximum atomic E-state index is 10.6. The number of aliphatic carboxylic acids is 1. The third-order valence-electron chi connectivity index (χ3n) is 1.75. The highest BCUT2D eigenvalue weighted by Crippen LogP contribution is 1.92. The number of hydrogen-bond donors (Lipinski definition) is 2. The van der Waals surface area contributed by atoms with Crippen molar-refractivity contribution in [3.63, 3.8) is 0 Å². The van der Waals surface area contributed by atoms with Gasteiger partial charge in [-0.25, -0.2) is 0 Å². The molecule has 0 bridgehead atoms. The minimum Gasteiger partial charge on any atom is -0.480 e. The zero-order valence-electron chi connectivity index (χ0n) is 9.66. The number of ether oxygens (including phenoxy) is 2. The van der Waals surface area contributed by atoms with Crippen LogP contribution in [0.15, 0.2) is 0 Å². The van der Waals surface area contributed by atoms with E-state index in [1.54, 1.807) is 7.05 Å². The van der Waals surface area contributed by atoms with Crippen molar-refractivity contribution in [3.05, 3.63) is 0 Å². The SMILES string of the molecule is CNC(COCCOCC(C)C)C(=O)O. The first-order chi connectivity index (χ1) is 7.07. The molecule has 1 unspecified atom stereocenters. The Hall–Kier alpha value is -0.650. The second-order valence-electron chi connectivity index (χ2n) is 3.72. The summed E-state index contributed by atoms with van der Waals surface area (Å²) >= 11 is 0. The molecule has 15 heavy (non-hydrogen) atoms. The van der Waals surface area contributed by atoms with E-state index in [-0.39, 0.29) is 6.61 Å². The molecule has 0 saturated heterocycles. The minimum absolute atomic E-state index is 0.164. The van der Waals surface area contributed by atoms with E-state index in [9.17, 15) is 4.79 Å². The van der Waals surface area contributed by atoms with Gasteiger partial charge < -0.3 is 19.9 Å². The van der Waals surface area contributed by atoms with Gasteiger partial charge in [0.15, 0.2) is 0 Å². The molecule has 0 aromatic rings. The fourth-order valence-corrected chi connectivity index (χ4v) is 0.916. The summed E-state index contributed by atoms with van der Waals surface area (Å²) in [7, 11) is 1.59. The van der Waals surface area contributed by atoms with E-state index in [2.05, 4.69) is 19.2 Å². The summed E-state index contributed by atoms with van der Waals surface area (Å²) in [6.45, 7) is 5.95. The molecule has 1 atom stereocenters. The number of carboxylic acid groups (broad SMARTS) is 1. The van der Waals surface area contributed by atoms with Crippen LogP contribution in [-0.2, 0) is 14.3 Å². The van der Waals surface area contributed by atoms with Crippen molar-refractivity contribution in [2.45, 2.75) is 19.9 Å². The van der Waals surface area contributed by atoms with Gasteiger partial charge in [0.2, 0.25) is 0 Å². The lowest BCUT2D eigenvalue weighted by atomic mass is 10.2. The van der Waals surface area contributed by atoms with Gasteiger partial charge in [0.05, 0.1) is 19.8 Å². The largest absolute Gasteiger partial charge is 0.480 e. The molecule has 90 valence electrons. The second kappa shape index (κ2) is 8.64. The van der Waals surface area contributed by atoms with Gasteiger partial charge in [0, 0.05) is 6.61 Å². The molecule has 2 N–H and O–H groups in total.